The Hall–Kier alpha value is -3.72. The lowest BCUT2D eigenvalue weighted by molar-refractivity contribution is -0.141. The minimum atomic E-state index is -3.81. The summed E-state index contributed by atoms with van der Waals surface area (Å²) in [6.07, 6.45) is 9.68. The lowest BCUT2D eigenvalue weighted by Crippen LogP contribution is -2.59. The number of ether oxygens (including phenoxy) is 2. The van der Waals surface area contributed by atoms with Crippen LogP contribution in [0.1, 0.15) is 85.5 Å². The number of carbonyl (C=O) groups is 4. The van der Waals surface area contributed by atoms with Crippen molar-refractivity contribution in [2.45, 2.75) is 126 Å². The second-order valence-electron chi connectivity index (χ2n) is 14.5. The third kappa shape index (κ3) is 10.2. The van der Waals surface area contributed by atoms with Gasteiger partial charge < -0.3 is 25.0 Å². The number of hydrogen-bond donors (Lipinski definition) is 3. The number of allylic oxidation sites excluding steroid dienone is 2. The van der Waals surface area contributed by atoms with E-state index in [9.17, 15) is 27.6 Å². The van der Waals surface area contributed by atoms with Gasteiger partial charge in [-0.2, -0.15) is 0 Å². The lowest BCUT2D eigenvalue weighted by Gasteiger charge is -2.33. The Balaban J connectivity index is 1.36. The summed E-state index contributed by atoms with van der Waals surface area (Å²) in [6.45, 7) is 8.16. The number of aromatic nitrogens is 1. The lowest BCUT2D eigenvalue weighted by atomic mass is 10.1. The summed E-state index contributed by atoms with van der Waals surface area (Å²) in [5.74, 6) is -1.53. The summed E-state index contributed by atoms with van der Waals surface area (Å²) in [5.41, 5.74) is -2.18. The zero-order valence-corrected chi connectivity index (χ0v) is 29.7. The molecule has 3 saturated carbocycles. The molecule has 3 aliphatic carbocycles. The average molecular weight is 703 g/mol. The summed E-state index contributed by atoms with van der Waals surface area (Å²) in [5, 5.41) is 4.96. The Bertz CT molecular complexity index is 1500. The average Bonchev–Trinajstić information content (AvgIpc) is 3.88. The standard InChI is InChI=1S/C34H50N6O8S/c1-5-6-7-10-19-39(23-12-13-23)22-26(36-32(44)48-33(2,3)4)30(42)40-21-24(47-28-11-8-9-18-35-28)20-27(40)29(41)37-34(16-17-34)31(43)38-49(45,46)25-14-15-25/h5-6,8-9,11,18,23-27H,7,10,12-17,19-22H2,1-4H3,(H,36,44)(H,37,41)(H,38,43)/b6-5-/t24-,26+,27+/m1/s1. The molecule has 0 bridgehead atoms. The number of nitrogens with zero attached hydrogens (tertiary/aromatic N) is 3. The van der Waals surface area contributed by atoms with Gasteiger partial charge in [-0.3, -0.25) is 24.0 Å². The van der Waals surface area contributed by atoms with Crippen LogP contribution in [-0.2, 0) is 29.1 Å². The summed E-state index contributed by atoms with van der Waals surface area (Å²) in [6, 6.07) is 3.38. The van der Waals surface area contributed by atoms with E-state index >= 15 is 0 Å². The molecule has 1 aromatic rings. The molecular weight excluding hydrogens is 652 g/mol. The number of nitrogens with one attached hydrogen (secondary N) is 3. The van der Waals surface area contributed by atoms with Gasteiger partial charge in [-0.1, -0.05) is 18.2 Å². The van der Waals surface area contributed by atoms with Crippen LogP contribution in [0.25, 0.3) is 0 Å². The van der Waals surface area contributed by atoms with Gasteiger partial charge in [0.15, 0.2) is 0 Å². The fourth-order valence-electron chi connectivity index (χ4n) is 6.02. The highest BCUT2D eigenvalue weighted by atomic mass is 32.2. The van der Waals surface area contributed by atoms with Gasteiger partial charge in [0, 0.05) is 31.3 Å². The first kappa shape index (κ1) is 36.6. The molecule has 3 atom stereocenters. The molecule has 1 saturated heterocycles. The van der Waals surface area contributed by atoms with Gasteiger partial charge in [-0.05, 0) is 91.7 Å². The molecule has 1 aliphatic heterocycles. The summed E-state index contributed by atoms with van der Waals surface area (Å²) in [4.78, 5) is 62.5. The topological polar surface area (TPSA) is 176 Å². The van der Waals surface area contributed by atoms with Crippen molar-refractivity contribution < 1.29 is 37.1 Å². The van der Waals surface area contributed by atoms with Crippen LogP contribution in [0.2, 0.25) is 0 Å². The maximum atomic E-state index is 14.5. The molecule has 49 heavy (non-hydrogen) atoms. The van der Waals surface area contributed by atoms with Gasteiger partial charge in [0.1, 0.15) is 29.3 Å². The fourth-order valence-corrected chi connectivity index (χ4v) is 7.39. The zero-order valence-electron chi connectivity index (χ0n) is 28.9. The normalized spacial score (nSPS) is 22.4. The Kier molecular flexibility index (Phi) is 11.2. The molecule has 0 unspecified atom stereocenters. The number of rotatable bonds is 16. The predicted octanol–water partition coefficient (Wildman–Crippen LogP) is 2.40. The fraction of sp³-hybridized carbons (Fsp3) is 0.676. The molecule has 2 heterocycles. The van der Waals surface area contributed by atoms with E-state index < -0.39 is 68.4 Å². The minimum Gasteiger partial charge on any atom is -0.472 e. The number of alkyl carbamates (subject to hydrolysis) is 1. The Morgan fingerprint density at radius 3 is 2.47 bits per heavy atom. The molecule has 4 fully saturated rings. The molecule has 0 radical (unpaired) electrons. The van der Waals surface area contributed by atoms with Crippen LogP contribution in [-0.4, -0.2) is 107 Å². The van der Waals surface area contributed by atoms with Crippen LogP contribution >= 0.6 is 0 Å². The first-order valence-corrected chi connectivity index (χ1v) is 18.9. The monoisotopic (exact) mass is 702 g/mol. The molecule has 14 nitrogen and oxygen atoms in total. The van der Waals surface area contributed by atoms with Crippen LogP contribution in [0.3, 0.4) is 0 Å². The highest BCUT2D eigenvalue weighted by molar-refractivity contribution is 7.91. The van der Waals surface area contributed by atoms with E-state index in [0.29, 0.717) is 24.8 Å². The number of amides is 4. The molecule has 4 aliphatic rings. The first-order chi connectivity index (χ1) is 23.2. The highest BCUT2D eigenvalue weighted by Crippen LogP contribution is 2.38. The molecule has 4 amide bonds. The van der Waals surface area contributed by atoms with E-state index in [2.05, 4.69) is 31.3 Å². The number of pyridine rings is 1. The van der Waals surface area contributed by atoms with Crippen molar-refractivity contribution in [2.24, 2.45) is 0 Å². The van der Waals surface area contributed by atoms with E-state index in [0.717, 1.165) is 32.2 Å². The van der Waals surface area contributed by atoms with Crippen molar-refractivity contribution in [3.05, 3.63) is 36.5 Å². The van der Waals surface area contributed by atoms with Crippen molar-refractivity contribution in [1.82, 2.24) is 30.1 Å². The Labute approximate surface area is 288 Å². The zero-order chi connectivity index (χ0) is 35.4. The number of unbranched alkanes of at least 4 members (excludes halogenated alkanes) is 1. The third-order valence-corrected chi connectivity index (χ3v) is 10.9. The van der Waals surface area contributed by atoms with E-state index in [1.54, 1.807) is 45.2 Å². The number of sulfonamides is 1. The Morgan fingerprint density at radius 1 is 1.14 bits per heavy atom. The van der Waals surface area contributed by atoms with Crippen molar-refractivity contribution in [1.29, 1.82) is 0 Å². The van der Waals surface area contributed by atoms with Crippen LogP contribution in [0, 0.1) is 0 Å². The number of carbonyl (C=O) groups excluding carboxylic acids is 4. The SMILES string of the molecule is C/C=C\CCCN(C[C@H](NC(=O)OC(C)(C)C)C(=O)N1C[C@H](Oc2ccccn2)C[C@H]1C(=O)NC1(C(=O)NS(=O)(=O)C2CC2)CC1)C1CC1. The second-order valence-corrected chi connectivity index (χ2v) is 16.5. The summed E-state index contributed by atoms with van der Waals surface area (Å²) < 4.78 is 38.8. The van der Waals surface area contributed by atoms with Gasteiger partial charge in [0.05, 0.1) is 11.8 Å². The van der Waals surface area contributed by atoms with E-state index in [4.69, 9.17) is 9.47 Å². The molecule has 15 heteroatoms. The van der Waals surface area contributed by atoms with E-state index in [1.165, 1.54) is 4.90 Å². The molecule has 1 aromatic heterocycles. The van der Waals surface area contributed by atoms with Gasteiger partial charge in [-0.25, -0.2) is 18.2 Å². The van der Waals surface area contributed by atoms with Crippen LogP contribution < -0.4 is 20.1 Å². The largest absolute Gasteiger partial charge is 0.472 e. The minimum absolute atomic E-state index is 0.0277. The van der Waals surface area contributed by atoms with E-state index in [-0.39, 0.29) is 32.4 Å². The van der Waals surface area contributed by atoms with Gasteiger partial charge >= 0.3 is 6.09 Å². The van der Waals surface area contributed by atoms with Crippen LogP contribution in [0.5, 0.6) is 5.88 Å². The number of likely N-dealkylation sites (tertiary alicyclic amines) is 1. The predicted molar refractivity (Wildman–Crippen MR) is 181 cm³/mol. The van der Waals surface area contributed by atoms with Gasteiger partial charge in [0.2, 0.25) is 27.7 Å². The maximum Gasteiger partial charge on any atom is 0.408 e. The Morgan fingerprint density at radius 2 is 1.88 bits per heavy atom. The second kappa shape index (κ2) is 15.0. The smallest absolute Gasteiger partial charge is 0.408 e. The first-order valence-electron chi connectivity index (χ1n) is 17.3. The summed E-state index contributed by atoms with van der Waals surface area (Å²) in [7, 11) is -3.81. The number of hydrogen-bond acceptors (Lipinski definition) is 10. The van der Waals surface area contributed by atoms with Crippen molar-refractivity contribution in [3.8, 4) is 5.88 Å². The molecule has 5 rings (SSSR count). The third-order valence-electron chi connectivity index (χ3n) is 9.04. The van der Waals surface area contributed by atoms with Crippen LogP contribution in [0.15, 0.2) is 36.5 Å². The molecule has 0 aromatic carbocycles. The molecule has 270 valence electrons. The van der Waals surface area contributed by atoms with Gasteiger partial charge in [0.25, 0.3) is 5.91 Å². The molecular formula is C34H50N6O8S. The molecule has 3 N–H and O–H groups in total. The maximum absolute atomic E-state index is 14.5. The van der Waals surface area contributed by atoms with Gasteiger partial charge in [-0.15, -0.1) is 0 Å². The molecule has 0 spiro atoms. The quantitative estimate of drug-likeness (QED) is 0.171. The van der Waals surface area contributed by atoms with E-state index in [1.807, 2.05) is 13.0 Å². The van der Waals surface area contributed by atoms with Crippen LogP contribution in [0.4, 0.5) is 4.79 Å². The van der Waals surface area contributed by atoms with Crippen molar-refractivity contribution in [2.75, 3.05) is 19.6 Å². The van der Waals surface area contributed by atoms with Crippen molar-refractivity contribution >= 4 is 33.8 Å². The highest BCUT2D eigenvalue weighted by Gasteiger charge is 2.55. The van der Waals surface area contributed by atoms with Crippen molar-refractivity contribution in [3.63, 3.8) is 0 Å². The summed E-state index contributed by atoms with van der Waals surface area (Å²) >= 11 is 0.